The van der Waals surface area contributed by atoms with Crippen molar-refractivity contribution in [2.45, 2.75) is 37.0 Å². The summed E-state index contributed by atoms with van der Waals surface area (Å²) in [5, 5.41) is 10.7. The Morgan fingerprint density at radius 1 is 1.69 bits per heavy atom. The first kappa shape index (κ1) is 9.41. The third kappa shape index (κ3) is 1.59. The molecule has 0 saturated carbocycles. The molecule has 2 atom stereocenters. The summed E-state index contributed by atoms with van der Waals surface area (Å²) in [6, 6.07) is 0. The van der Waals surface area contributed by atoms with E-state index in [2.05, 4.69) is 6.92 Å². The average molecular weight is 200 g/mol. The number of aliphatic hydroxyl groups is 1. The minimum atomic E-state index is -0.681. The van der Waals surface area contributed by atoms with Crippen LogP contribution >= 0.6 is 11.8 Å². The van der Waals surface area contributed by atoms with E-state index in [0.29, 0.717) is 0 Å². The van der Waals surface area contributed by atoms with Crippen molar-refractivity contribution in [2.24, 2.45) is 0 Å². The SMILES string of the molecule is CC1SCCCC1(O)C1=CCCO1. The van der Waals surface area contributed by atoms with E-state index in [1.807, 2.05) is 17.8 Å². The van der Waals surface area contributed by atoms with Gasteiger partial charge in [0.05, 0.1) is 6.61 Å². The van der Waals surface area contributed by atoms with Crippen molar-refractivity contribution < 1.29 is 9.84 Å². The van der Waals surface area contributed by atoms with Crippen molar-refractivity contribution >= 4 is 11.8 Å². The molecule has 13 heavy (non-hydrogen) atoms. The largest absolute Gasteiger partial charge is 0.495 e. The number of hydrogen-bond acceptors (Lipinski definition) is 3. The first-order valence-electron chi connectivity index (χ1n) is 4.91. The van der Waals surface area contributed by atoms with Gasteiger partial charge >= 0.3 is 0 Å². The van der Waals surface area contributed by atoms with Gasteiger partial charge in [-0.25, -0.2) is 0 Å². The molecule has 2 nitrogen and oxygen atoms in total. The first-order valence-corrected chi connectivity index (χ1v) is 5.96. The fourth-order valence-electron chi connectivity index (χ4n) is 1.99. The van der Waals surface area contributed by atoms with Crippen LogP contribution in [0.5, 0.6) is 0 Å². The van der Waals surface area contributed by atoms with E-state index in [9.17, 15) is 5.11 Å². The molecular formula is C10H16O2S. The Kier molecular flexibility index (Phi) is 2.56. The van der Waals surface area contributed by atoms with Crippen LogP contribution in [0.3, 0.4) is 0 Å². The highest BCUT2D eigenvalue weighted by molar-refractivity contribution is 8.00. The summed E-state index contributed by atoms with van der Waals surface area (Å²) in [5.41, 5.74) is -0.681. The lowest BCUT2D eigenvalue weighted by atomic mass is 9.91. The zero-order valence-corrected chi connectivity index (χ0v) is 8.77. The van der Waals surface area contributed by atoms with Gasteiger partial charge in [-0.2, -0.15) is 11.8 Å². The molecule has 0 aromatic rings. The number of hydrogen-bond donors (Lipinski definition) is 1. The number of thioether (sulfide) groups is 1. The zero-order chi connectivity index (χ0) is 9.31. The quantitative estimate of drug-likeness (QED) is 0.701. The molecule has 0 amide bonds. The summed E-state index contributed by atoms with van der Waals surface area (Å²) in [6.45, 7) is 2.83. The lowest BCUT2D eigenvalue weighted by Gasteiger charge is -2.37. The van der Waals surface area contributed by atoms with Gasteiger partial charge in [-0.05, 0) is 24.7 Å². The average Bonchev–Trinajstić information content (AvgIpc) is 2.63. The molecule has 74 valence electrons. The lowest BCUT2D eigenvalue weighted by molar-refractivity contribution is 0.0108. The molecule has 2 rings (SSSR count). The summed E-state index contributed by atoms with van der Waals surface area (Å²) in [4.78, 5) is 0. The maximum absolute atomic E-state index is 10.4. The van der Waals surface area contributed by atoms with Gasteiger partial charge in [-0.1, -0.05) is 6.92 Å². The van der Waals surface area contributed by atoms with Crippen LogP contribution in [0.15, 0.2) is 11.8 Å². The van der Waals surface area contributed by atoms with Gasteiger partial charge in [0.15, 0.2) is 0 Å². The maximum Gasteiger partial charge on any atom is 0.133 e. The minimum Gasteiger partial charge on any atom is -0.495 e. The normalized spacial score (nSPS) is 39.8. The molecule has 2 aliphatic rings. The van der Waals surface area contributed by atoms with Crippen molar-refractivity contribution in [3.8, 4) is 0 Å². The zero-order valence-electron chi connectivity index (χ0n) is 7.95. The van der Waals surface area contributed by atoms with E-state index in [4.69, 9.17) is 4.74 Å². The monoisotopic (exact) mass is 200 g/mol. The molecule has 0 aliphatic carbocycles. The van der Waals surface area contributed by atoms with Crippen LogP contribution in [-0.4, -0.2) is 28.3 Å². The van der Waals surface area contributed by atoms with E-state index >= 15 is 0 Å². The second kappa shape index (κ2) is 3.54. The van der Waals surface area contributed by atoms with Crippen LogP contribution in [0.25, 0.3) is 0 Å². The van der Waals surface area contributed by atoms with Gasteiger partial charge in [0.1, 0.15) is 11.4 Å². The Hall–Kier alpha value is -0.150. The van der Waals surface area contributed by atoms with Crippen LogP contribution in [0.1, 0.15) is 26.2 Å². The van der Waals surface area contributed by atoms with Crippen LogP contribution in [-0.2, 0) is 4.74 Å². The van der Waals surface area contributed by atoms with Gasteiger partial charge in [0.25, 0.3) is 0 Å². The molecule has 1 saturated heterocycles. The highest BCUT2D eigenvalue weighted by Crippen LogP contribution is 2.40. The summed E-state index contributed by atoms with van der Waals surface area (Å²) >= 11 is 1.84. The highest BCUT2D eigenvalue weighted by Gasteiger charge is 2.42. The van der Waals surface area contributed by atoms with Crippen molar-refractivity contribution in [3.05, 3.63) is 11.8 Å². The predicted octanol–water partition coefficient (Wildman–Crippen LogP) is 1.94. The topological polar surface area (TPSA) is 29.5 Å². The summed E-state index contributed by atoms with van der Waals surface area (Å²) in [6.07, 6.45) is 4.94. The fraction of sp³-hybridized carbons (Fsp3) is 0.800. The van der Waals surface area contributed by atoms with E-state index in [1.54, 1.807) is 0 Å². The van der Waals surface area contributed by atoms with Crippen molar-refractivity contribution in [1.82, 2.24) is 0 Å². The number of ether oxygens (including phenoxy) is 1. The molecule has 2 heterocycles. The van der Waals surface area contributed by atoms with Gasteiger partial charge in [0.2, 0.25) is 0 Å². The Bertz CT molecular complexity index is 227. The second-order valence-electron chi connectivity index (χ2n) is 3.75. The smallest absolute Gasteiger partial charge is 0.133 e. The summed E-state index contributed by atoms with van der Waals surface area (Å²) in [5.74, 6) is 1.99. The van der Waals surface area contributed by atoms with Gasteiger partial charge in [-0.15, -0.1) is 0 Å². The van der Waals surface area contributed by atoms with Gasteiger partial charge < -0.3 is 9.84 Å². The lowest BCUT2D eigenvalue weighted by Crippen LogP contribution is -2.43. The first-order chi connectivity index (χ1) is 6.23. The van der Waals surface area contributed by atoms with Crippen LogP contribution in [0, 0.1) is 0 Å². The van der Waals surface area contributed by atoms with Crippen LogP contribution in [0.4, 0.5) is 0 Å². The molecule has 0 aromatic heterocycles. The van der Waals surface area contributed by atoms with Crippen LogP contribution in [0.2, 0.25) is 0 Å². The highest BCUT2D eigenvalue weighted by atomic mass is 32.2. The standard InChI is InChI=1S/C10H16O2S/c1-8-10(11,5-3-7-13-8)9-4-2-6-12-9/h4,8,11H,2-3,5-7H2,1H3. The molecule has 2 aliphatic heterocycles. The third-order valence-electron chi connectivity index (χ3n) is 2.87. The van der Waals surface area contributed by atoms with E-state index in [-0.39, 0.29) is 5.25 Å². The molecule has 3 heteroatoms. The Morgan fingerprint density at radius 2 is 2.54 bits per heavy atom. The molecule has 0 radical (unpaired) electrons. The Labute approximate surface area is 83.4 Å². The molecule has 0 spiro atoms. The maximum atomic E-state index is 10.4. The second-order valence-corrected chi connectivity index (χ2v) is 5.20. The molecule has 1 N–H and O–H groups in total. The van der Waals surface area contributed by atoms with Crippen molar-refractivity contribution in [1.29, 1.82) is 0 Å². The predicted molar refractivity (Wildman–Crippen MR) is 54.8 cm³/mol. The van der Waals surface area contributed by atoms with E-state index < -0.39 is 5.60 Å². The van der Waals surface area contributed by atoms with Crippen molar-refractivity contribution in [3.63, 3.8) is 0 Å². The minimum absolute atomic E-state index is 0.269. The third-order valence-corrected chi connectivity index (χ3v) is 4.29. The number of rotatable bonds is 1. The van der Waals surface area contributed by atoms with Gasteiger partial charge in [-0.3, -0.25) is 0 Å². The fourth-order valence-corrected chi connectivity index (χ4v) is 3.16. The summed E-state index contributed by atoms with van der Waals surface area (Å²) in [7, 11) is 0. The Morgan fingerprint density at radius 3 is 3.15 bits per heavy atom. The molecule has 2 unspecified atom stereocenters. The molecule has 0 bridgehead atoms. The Balaban J connectivity index is 2.16. The molecule has 1 fully saturated rings. The molecular weight excluding hydrogens is 184 g/mol. The van der Waals surface area contributed by atoms with Gasteiger partial charge in [0, 0.05) is 11.7 Å². The van der Waals surface area contributed by atoms with Crippen molar-refractivity contribution in [2.75, 3.05) is 12.4 Å². The summed E-state index contributed by atoms with van der Waals surface area (Å²) < 4.78 is 5.46. The van der Waals surface area contributed by atoms with E-state index in [1.165, 1.54) is 0 Å². The van der Waals surface area contributed by atoms with Crippen LogP contribution < -0.4 is 0 Å². The molecule has 0 aromatic carbocycles. The van der Waals surface area contributed by atoms with E-state index in [0.717, 1.165) is 37.4 Å².